The van der Waals surface area contributed by atoms with E-state index in [-0.39, 0.29) is 5.91 Å². The summed E-state index contributed by atoms with van der Waals surface area (Å²) in [5, 5.41) is 4.11. The molecule has 4 rings (SSSR count). The Morgan fingerprint density at radius 2 is 1.75 bits per heavy atom. The van der Waals surface area contributed by atoms with Gasteiger partial charge in [-0.05, 0) is 43.2 Å². The number of benzene rings is 2. The van der Waals surface area contributed by atoms with Gasteiger partial charge in [0.2, 0.25) is 0 Å². The number of hydrogen-bond donors (Lipinski definition) is 0. The van der Waals surface area contributed by atoms with Gasteiger partial charge in [0.1, 0.15) is 12.7 Å². The fourth-order valence-electron chi connectivity index (χ4n) is 3.75. The molecule has 0 spiro atoms. The smallest absolute Gasteiger partial charge is 0.253 e. The number of carbonyl (C=O) groups excluding carboxylic acids is 1. The molecule has 28 heavy (non-hydrogen) atoms. The minimum absolute atomic E-state index is 0.104. The Morgan fingerprint density at radius 1 is 1.00 bits per heavy atom. The summed E-state index contributed by atoms with van der Waals surface area (Å²) >= 11 is 0. The highest BCUT2D eigenvalue weighted by molar-refractivity contribution is 5.94. The van der Waals surface area contributed by atoms with Crippen molar-refractivity contribution in [3.05, 3.63) is 77.4 Å². The number of carbonyl (C=O) groups is 1. The van der Waals surface area contributed by atoms with Crippen molar-refractivity contribution in [2.24, 2.45) is 0 Å². The predicted octanol–water partition coefficient (Wildman–Crippen LogP) is 2.91. The standard InChI is InChI=1S/C22H25N5O/c1-17-3-8-21(18(2)13-17)25-9-11-26(12-10-25)22(28)20-6-4-19(5-7-20)14-27-16-23-15-24-27/h3-8,13,15-16H,9-12,14H2,1-2H3. The Bertz CT molecular complexity index is 942. The molecule has 1 aliphatic rings. The fourth-order valence-corrected chi connectivity index (χ4v) is 3.75. The van der Waals surface area contributed by atoms with Crippen LogP contribution in [0.4, 0.5) is 5.69 Å². The van der Waals surface area contributed by atoms with Gasteiger partial charge in [0.25, 0.3) is 5.91 Å². The molecular weight excluding hydrogens is 350 g/mol. The Balaban J connectivity index is 1.37. The van der Waals surface area contributed by atoms with Gasteiger partial charge in [-0.25, -0.2) is 9.67 Å². The van der Waals surface area contributed by atoms with E-state index in [0.717, 1.165) is 37.3 Å². The van der Waals surface area contributed by atoms with Crippen LogP contribution >= 0.6 is 0 Å². The normalized spacial score (nSPS) is 14.4. The first-order chi connectivity index (χ1) is 13.6. The van der Waals surface area contributed by atoms with Crippen LogP contribution in [0, 0.1) is 13.8 Å². The SMILES string of the molecule is Cc1ccc(N2CCN(C(=O)c3ccc(Cn4cncn4)cc3)CC2)c(C)c1. The number of aromatic nitrogens is 3. The summed E-state index contributed by atoms with van der Waals surface area (Å²) in [6, 6.07) is 14.3. The van der Waals surface area contributed by atoms with Crippen LogP contribution < -0.4 is 4.90 Å². The van der Waals surface area contributed by atoms with E-state index in [0.29, 0.717) is 6.54 Å². The van der Waals surface area contributed by atoms with Crippen LogP contribution in [0.15, 0.2) is 55.1 Å². The molecule has 0 radical (unpaired) electrons. The zero-order chi connectivity index (χ0) is 19.5. The number of aryl methyl sites for hydroxylation is 2. The monoisotopic (exact) mass is 375 g/mol. The summed E-state index contributed by atoms with van der Waals surface area (Å²) in [5.74, 6) is 0.104. The molecule has 1 aromatic heterocycles. The van der Waals surface area contributed by atoms with Crippen molar-refractivity contribution in [3.63, 3.8) is 0 Å². The Labute approximate surface area is 165 Å². The summed E-state index contributed by atoms with van der Waals surface area (Å²) in [6.45, 7) is 8.13. The lowest BCUT2D eigenvalue weighted by atomic mass is 10.1. The van der Waals surface area contributed by atoms with Gasteiger partial charge >= 0.3 is 0 Å². The fraction of sp³-hybridized carbons (Fsp3) is 0.318. The average Bonchev–Trinajstić information content (AvgIpc) is 3.21. The quantitative estimate of drug-likeness (QED) is 0.704. The van der Waals surface area contributed by atoms with Crippen molar-refractivity contribution in [2.45, 2.75) is 20.4 Å². The van der Waals surface area contributed by atoms with Crippen molar-refractivity contribution < 1.29 is 4.79 Å². The molecule has 1 fully saturated rings. The van der Waals surface area contributed by atoms with Gasteiger partial charge in [0.05, 0.1) is 6.54 Å². The molecule has 0 atom stereocenters. The molecule has 2 heterocycles. The summed E-state index contributed by atoms with van der Waals surface area (Å²) in [5.41, 5.74) is 5.68. The molecule has 1 aliphatic heterocycles. The van der Waals surface area contributed by atoms with Crippen LogP contribution in [0.2, 0.25) is 0 Å². The molecule has 6 heteroatoms. The molecule has 3 aromatic rings. The second-order valence-corrected chi connectivity index (χ2v) is 7.36. The Hall–Kier alpha value is -3.15. The molecular formula is C22H25N5O. The van der Waals surface area contributed by atoms with Gasteiger partial charge in [-0.2, -0.15) is 5.10 Å². The van der Waals surface area contributed by atoms with E-state index in [1.807, 2.05) is 29.2 Å². The van der Waals surface area contributed by atoms with Crippen LogP contribution in [0.1, 0.15) is 27.0 Å². The average molecular weight is 375 g/mol. The van der Waals surface area contributed by atoms with Crippen molar-refractivity contribution >= 4 is 11.6 Å². The number of piperazine rings is 1. The topological polar surface area (TPSA) is 54.3 Å². The van der Waals surface area contributed by atoms with Crippen LogP contribution in [0.3, 0.4) is 0 Å². The molecule has 2 aromatic carbocycles. The van der Waals surface area contributed by atoms with E-state index in [9.17, 15) is 4.79 Å². The lowest BCUT2D eigenvalue weighted by molar-refractivity contribution is 0.0747. The van der Waals surface area contributed by atoms with Crippen LogP contribution in [-0.2, 0) is 6.54 Å². The maximum Gasteiger partial charge on any atom is 0.253 e. The van der Waals surface area contributed by atoms with Gasteiger partial charge in [-0.3, -0.25) is 4.79 Å². The van der Waals surface area contributed by atoms with Gasteiger partial charge in [-0.1, -0.05) is 29.8 Å². The first-order valence-corrected chi connectivity index (χ1v) is 9.63. The molecule has 0 unspecified atom stereocenters. The number of anilines is 1. The van der Waals surface area contributed by atoms with Crippen LogP contribution in [0.25, 0.3) is 0 Å². The minimum Gasteiger partial charge on any atom is -0.368 e. The summed E-state index contributed by atoms with van der Waals surface area (Å²) < 4.78 is 1.77. The van der Waals surface area contributed by atoms with E-state index >= 15 is 0 Å². The van der Waals surface area contributed by atoms with Crippen molar-refractivity contribution in [1.29, 1.82) is 0 Å². The van der Waals surface area contributed by atoms with Gasteiger partial charge in [0.15, 0.2) is 0 Å². The largest absolute Gasteiger partial charge is 0.368 e. The van der Waals surface area contributed by atoms with Gasteiger partial charge in [-0.15, -0.1) is 0 Å². The number of nitrogens with zero attached hydrogens (tertiary/aromatic N) is 5. The van der Waals surface area contributed by atoms with Crippen LogP contribution in [0.5, 0.6) is 0 Å². The lowest BCUT2D eigenvalue weighted by Gasteiger charge is -2.37. The second-order valence-electron chi connectivity index (χ2n) is 7.36. The third kappa shape index (κ3) is 3.91. The highest BCUT2D eigenvalue weighted by atomic mass is 16.2. The minimum atomic E-state index is 0.104. The molecule has 6 nitrogen and oxygen atoms in total. The molecule has 0 N–H and O–H groups in total. The van der Waals surface area contributed by atoms with E-state index in [1.54, 1.807) is 11.0 Å². The first-order valence-electron chi connectivity index (χ1n) is 9.63. The molecule has 0 bridgehead atoms. The van der Waals surface area contributed by atoms with E-state index < -0.39 is 0 Å². The lowest BCUT2D eigenvalue weighted by Crippen LogP contribution is -2.49. The highest BCUT2D eigenvalue weighted by Gasteiger charge is 2.23. The van der Waals surface area contributed by atoms with Crippen molar-refractivity contribution in [1.82, 2.24) is 19.7 Å². The summed E-state index contributed by atoms with van der Waals surface area (Å²) in [4.78, 5) is 21.1. The Morgan fingerprint density at radius 3 is 2.39 bits per heavy atom. The summed E-state index contributed by atoms with van der Waals surface area (Å²) in [7, 11) is 0. The molecule has 0 aliphatic carbocycles. The van der Waals surface area contributed by atoms with Gasteiger partial charge in [0, 0.05) is 37.4 Å². The molecule has 0 saturated carbocycles. The third-order valence-corrected chi connectivity index (χ3v) is 5.27. The van der Waals surface area contributed by atoms with Crippen molar-refractivity contribution in [3.8, 4) is 0 Å². The molecule has 1 amide bonds. The second kappa shape index (κ2) is 7.84. The maximum atomic E-state index is 12.9. The molecule has 144 valence electrons. The van der Waals surface area contributed by atoms with Gasteiger partial charge < -0.3 is 9.80 Å². The number of hydrogen-bond acceptors (Lipinski definition) is 4. The van der Waals surface area contributed by atoms with Crippen molar-refractivity contribution in [2.75, 3.05) is 31.1 Å². The highest BCUT2D eigenvalue weighted by Crippen LogP contribution is 2.23. The molecule has 1 saturated heterocycles. The summed E-state index contributed by atoms with van der Waals surface area (Å²) in [6.07, 6.45) is 3.21. The van der Waals surface area contributed by atoms with Crippen LogP contribution in [-0.4, -0.2) is 51.8 Å². The van der Waals surface area contributed by atoms with E-state index in [2.05, 4.69) is 47.0 Å². The number of rotatable bonds is 4. The van der Waals surface area contributed by atoms with E-state index in [1.165, 1.54) is 23.1 Å². The van der Waals surface area contributed by atoms with E-state index in [4.69, 9.17) is 0 Å². The third-order valence-electron chi connectivity index (χ3n) is 5.27. The first kappa shape index (κ1) is 18.2. The predicted molar refractivity (Wildman–Crippen MR) is 110 cm³/mol. The Kier molecular flexibility index (Phi) is 5.10. The maximum absolute atomic E-state index is 12.9. The zero-order valence-electron chi connectivity index (χ0n) is 16.4. The zero-order valence-corrected chi connectivity index (χ0v) is 16.4. The number of amides is 1.